The molecule has 0 heterocycles. The Balaban J connectivity index is 3.25. The lowest BCUT2D eigenvalue weighted by molar-refractivity contribution is 0.0692. The molecule has 1 aromatic carbocycles. The zero-order valence-corrected chi connectivity index (χ0v) is 11.5. The molecule has 7 nitrogen and oxygen atoms in total. The number of benzene rings is 1. The zero-order chi connectivity index (χ0) is 14.6. The summed E-state index contributed by atoms with van der Waals surface area (Å²) >= 11 is 0. The van der Waals surface area contributed by atoms with Crippen LogP contribution in [0.3, 0.4) is 0 Å². The third-order valence-corrected chi connectivity index (χ3v) is 4.45. The number of carbonyl (C=O) groups is 1. The quantitative estimate of drug-likeness (QED) is 0.725. The second kappa shape index (κ2) is 6.00. The smallest absolute Gasteiger partial charge is 0.337 e. The number of hydrogen-bond acceptors (Lipinski definition) is 5. The second-order valence-corrected chi connectivity index (χ2v) is 5.89. The van der Waals surface area contributed by atoms with Gasteiger partial charge < -0.3 is 15.6 Å². The summed E-state index contributed by atoms with van der Waals surface area (Å²) in [5, 5.41) is 9.05. The Labute approximate surface area is 111 Å². The average Bonchev–Trinajstić information content (AvgIpc) is 2.35. The number of ether oxygens (including phenoxy) is 1. The fourth-order valence-electron chi connectivity index (χ4n) is 1.45. The first-order chi connectivity index (χ1) is 8.80. The summed E-state index contributed by atoms with van der Waals surface area (Å²) in [6.07, 6.45) is 0. The number of carboxylic acid groups (broad SMARTS) is 1. The standard InChI is InChI=1S/C11H16N2O5S/c1-13(5-6-18-2)19(16,17)10-4-3-8(12)7-9(10)11(14)15/h3-4,7H,5-6,12H2,1-2H3,(H,14,15). The number of likely N-dealkylation sites (N-methyl/N-ethyl adjacent to an activating group) is 1. The summed E-state index contributed by atoms with van der Waals surface area (Å²) in [7, 11) is -1.08. The Morgan fingerprint density at radius 2 is 2.11 bits per heavy atom. The van der Waals surface area contributed by atoms with Crippen LogP contribution in [0.25, 0.3) is 0 Å². The van der Waals surface area contributed by atoms with Gasteiger partial charge in [0.15, 0.2) is 0 Å². The molecular weight excluding hydrogens is 272 g/mol. The van der Waals surface area contributed by atoms with Gasteiger partial charge in [-0.25, -0.2) is 13.2 Å². The largest absolute Gasteiger partial charge is 0.478 e. The van der Waals surface area contributed by atoms with Crippen molar-refractivity contribution in [3.63, 3.8) is 0 Å². The molecule has 0 aliphatic rings. The first-order valence-electron chi connectivity index (χ1n) is 5.38. The molecule has 1 rings (SSSR count). The SMILES string of the molecule is COCCN(C)S(=O)(=O)c1ccc(N)cc1C(=O)O. The van der Waals surface area contributed by atoms with Gasteiger partial charge in [-0.3, -0.25) is 0 Å². The molecule has 0 amide bonds. The molecule has 3 N–H and O–H groups in total. The fourth-order valence-corrected chi connectivity index (χ4v) is 2.76. The first kappa shape index (κ1) is 15.4. The molecule has 1 aromatic rings. The minimum atomic E-state index is -3.89. The number of nitrogen functional groups attached to an aromatic ring is 1. The van der Waals surface area contributed by atoms with E-state index in [1.807, 2.05) is 0 Å². The number of carboxylic acids is 1. The second-order valence-electron chi connectivity index (χ2n) is 3.88. The third-order valence-electron chi connectivity index (χ3n) is 2.53. The lowest BCUT2D eigenvalue weighted by Gasteiger charge is -2.18. The Morgan fingerprint density at radius 1 is 1.47 bits per heavy atom. The molecule has 0 aliphatic carbocycles. The number of hydrogen-bond donors (Lipinski definition) is 2. The lowest BCUT2D eigenvalue weighted by atomic mass is 10.2. The van der Waals surface area contributed by atoms with Crippen LogP contribution in [-0.4, -0.2) is 51.1 Å². The number of anilines is 1. The van der Waals surface area contributed by atoms with E-state index < -0.39 is 16.0 Å². The van der Waals surface area contributed by atoms with Crippen molar-refractivity contribution < 1.29 is 23.1 Å². The summed E-state index contributed by atoms with van der Waals surface area (Å²) in [4.78, 5) is 10.8. The van der Waals surface area contributed by atoms with Crippen molar-refractivity contribution in [3.05, 3.63) is 23.8 Å². The third kappa shape index (κ3) is 3.43. The zero-order valence-electron chi connectivity index (χ0n) is 10.7. The van der Waals surface area contributed by atoms with Crippen molar-refractivity contribution in [3.8, 4) is 0 Å². The maximum Gasteiger partial charge on any atom is 0.337 e. The van der Waals surface area contributed by atoms with Gasteiger partial charge in [0.05, 0.1) is 17.1 Å². The number of nitrogens with zero attached hydrogens (tertiary/aromatic N) is 1. The average molecular weight is 288 g/mol. The van der Waals surface area contributed by atoms with E-state index in [1.165, 1.54) is 26.3 Å². The minimum Gasteiger partial charge on any atom is -0.478 e. The highest BCUT2D eigenvalue weighted by molar-refractivity contribution is 7.89. The van der Waals surface area contributed by atoms with Crippen LogP contribution in [0, 0.1) is 0 Å². The fraction of sp³-hybridized carbons (Fsp3) is 0.364. The van der Waals surface area contributed by atoms with Crippen molar-refractivity contribution in [1.29, 1.82) is 0 Å². The molecule has 0 fully saturated rings. The summed E-state index contributed by atoms with van der Waals surface area (Å²) in [5.74, 6) is -1.34. The summed E-state index contributed by atoms with van der Waals surface area (Å²) in [5.41, 5.74) is 5.32. The molecule has 0 bridgehead atoms. The number of nitrogens with two attached hydrogens (primary N) is 1. The van der Waals surface area contributed by atoms with Crippen LogP contribution in [-0.2, 0) is 14.8 Å². The molecule has 0 spiro atoms. The Morgan fingerprint density at radius 3 is 2.63 bits per heavy atom. The Hall–Kier alpha value is -1.64. The normalized spacial score (nSPS) is 11.7. The molecule has 106 valence electrons. The van der Waals surface area contributed by atoms with Crippen LogP contribution in [0.4, 0.5) is 5.69 Å². The molecule has 0 radical (unpaired) electrons. The molecule has 0 saturated carbocycles. The summed E-state index contributed by atoms with van der Waals surface area (Å²) in [6, 6.07) is 3.67. The van der Waals surface area contributed by atoms with E-state index in [1.54, 1.807) is 0 Å². The summed E-state index contributed by atoms with van der Waals surface area (Å²) in [6.45, 7) is 0.343. The van der Waals surface area contributed by atoms with Crippen LogP contribution in [0.1, 0.15) is 10.4 Å². The molecule has 0 aromatic heterocycles. The van der Waals surface area contributed by atoms with Gasteiger partial charge in [-0.1, -0.05) is 0 Å². The van der Waals surface area contributed by atoms with E-state index in [9.17, 15) is 13.2 Å². The number of sulfonamides is 1. The highest BCUT2D eigenvalue weighted by atomic mass is 32.2. The van der Waals surface area contributed by atoms with Gasteiger partial charge in [-0.05, 0) is 18.2 Å². The first-order valence-corrected chi connectivity index (χ1v) is 6.82. The monoisotopic (exact) mass is 288 g/mol. The van der Waals surface area contributed by atoms with E-state index >= 15 is 0 Å². The summed E-state index contributed by atoms with van der Waals surface area (Å²) < 4.78 is 30.3. The van der Waals surface area contributed by atoms with Gasteiger partial charge in [-0.15, -0.1) is 0 Å². The van der Waals surface area contributed by atoms with E-state index in [2.05, 4.69) is 0 Å². The minimum absolute atomic E-state index is 0.127. The Bertz CT molecular complexity index is 570. The maximum absolute atomic E-state index is 12.2. The predicted molar refractivity (Wildman–Crippen MR) is 69.5 cm³/mol. The van der Waals surface area contributed by atoms with Crippen molar-refractivity contribution in [2.75, 3.05) is 33.0 Å². The van der Waals surface area contributed by atoms with Crippen LogP contribution < -0.4 is 5.73 Å². The van der Waals surface area contributed by atoms with Crippen molar-refractivity contribution in [2.24, 2.45) is 0 Å². The topological polar surface area (TPSA) is 110 Å². The van der Waals surface area contributed by atoms with Crippen molar-refractivity contribution >= 4 is 21.7 Å². The van der Waals surface area contributed by atoms with Gasteiger partial charge in [0.25, 0.3) is 0 Å². The van der Waals surface area contributed by atoms with Gasteiger partial charge in [0.2, 0.25) is 10.0 Å². The van der Waals surface area contributed by atoms with Crippen LogP contribution in [0.5, 0.6) is 0 Å². The van der Waals surface area contributed by atoms with E-state index in [0.717, 1.165) is 10.4 Å². The van der Waals surface area contributed by atoms with Crippen LogP contribution in [0.2, 0.25) is 0 Å². The van der Waals surface area contributed by atoms with Gasteiger partial charge in [0.1, 0.15) is 0 Å². The molecule has 0 aliphatic heterocycles. The maximum atomic E-state index is 12.2. The van der Waals surface area contributed by atoms with E-state index in [0.29, 0.717) is 0 Å². The molecule has 0 atom stereocenters. The highest BCUT2D eigenvalue weighted by Gasteiger charge is 2.26. The van der Waals surface area contributed by atoms with E-state index in [4.69, 9.17) is 15.6 Å². The molecule has 0 saturated heterocycles. The number of methoxy groups -OCH3 is 1. The Kier molecular flexibility index (Phi) is 4.87. The lowest BCUT2D eigenvalue weighted by Crippen LogP contribution is -2.31. The molecule has 8 heteroatoms. The number of rotatable bonds is 6. The van der Waals surface area contributed by atoms with Gasteiger partial charge in [0, 0.05) is 26.4 Å². The van der Waals surface area contributed by atoms with Crippen LogP contribution in [0.15, 0.2) is 23.1 Å². The van der Waals surface area contributed by atoms with Crippen LogP contribution >= 0.6 is 0 Å². The van der Waals surface area contributed by atoms with Crippen molar-refractivity contribution in [2.45, 2.75) is 4.90 Å². The van der Waals surface area contributed by atoms with Gasteiger partial charge >= 0.3 is 5.97 Å². The molecule has 19 heavy (non-hydrogen) atoms. The van der Waals surface area contributed by atoms with Crippen molar-refractivity contribution in [1.82, 2.24) is 4.31 Å². The number of aromatic carboxylic acids is 1. The molecular formula is C11H16N2O5S. The van der Waals surface area contributed by atoms with E-state index in [-0.39, 0.29) is 29.3 Å². The van der Waals surface area contributed by atoms with Gasteiger partial charge in [-0.2, -0.15) is 4.31 Å². The molecule has 0 unspecified atom stereocenters. The predicted octanol–water partition coefficient (Wildman–Crippen LogP) is 0.234. The highest BCUT2D eigenvalue weighted by Crippen LogP contribution is 2.21.